The maximum Gasteiger partial charge on any atom is 0.248 e. The molecular weight excluding hydrogens is 404 g/mol. The topological polar surface area (TPSA) is 68.5 Å². The van der Waals surface area contributed by atoms with Crippen molar-refractivity contribution in [2.24, 2.45) is 4.99 Å². The van der Waals surface area contributed by atoms with Crippen molar-refractivity contribution in [3.05, 3.63) is 58.4 Å². The summed E-state index contributed by atoms with van der Waals surface area (Å²) >= 11 is 1.41. The van der Waals surface area contributed by atoms with Gasteiger partial charge in [0.25, 0.3) is 0 Å². The first-order valence-corrected chi connectivity index (χ1v) is 11.7. The molecule has 1 amide bonds. The SMILES string of the molecule is C#CCn1c(=NC(=O)CCCS(=O)(=O)c2ccc(C)cc2)sc2cc(C)ccc21. The lowest BCUT2D eigenvalue weighted by atomic mass is 10.2. The fourth-order valence-corrected chi connectivity index (χ4v) is 5.40. The van der Waals surface area contributed by atoms with Gasteiger partial charge in [-0.05, 0) is 50.1 Å². The van der Waals surface area contributed by atoms with Crippen molar-refractivity contribution in [2.75, 3.05) is 5.75 Å². The Bertz CT molecular complexity index is 1260. The highest BCUT2D eigenvalue weighted by molar-refractivity contribution is 7.91. The van der Waals surface area contributed by atoms with E-state index in [0.717, 1.165) is 21.3 Å². The molecule has 0 radical (unpaired) electrons. The second-order valence-corrected chi connectivity index (χ2v) is 10.0. The van der Waals surface area contributed by atoms with Crippen LogP contribution in [0.5, 0.6) is 0 Å². The average molecular weight is 427 g/mol. The number of benzene rings is 2. The van der Waals surface area contributed by atoms with Crippen LogP contribution >= 0.6 is 11.3 Å². The lowest BCUT2D eigenvalue weighted by Crippen LogP contribution is -2.16. The summed E-state index contributed by atoms with van der Waals surface area (Å²) in [5, 5.41) is 0. The van der Waals surface area contributed by atoms with Crippen molar-refractivity contribution in [1.29, 1.82) is 0 Å². The molecule has 150 valence electrons. The summed E-state index contributed by atoms with van der Waals surface area (Å²) < 4.78 is 27.7. The van der Waals surface area contributed by atoms with Crippen LogP contribution in [0.2, 0.25) is 0 Å². The molecule has 7 heteroatoms. The zero-order valence-electron chi connectivity index (χ0n) is 16.4. The number of terminal acetylenes is 1. The van der Waals surface area contributed by atoms with Gasteiger partial charge in [0, 0.05) is 6.42 Å². The molecule has 1 heterocycles. The molecular formula is C22H22N2O3S2. The van der Waals surface area contributed by atoms with E-state index in [1.165, 1.54) is 11.3 Å². The Kier molecular flexibility index (Phi) is 6.36. The van der Waals surface area contributed by atoms with E-state index in [4.69, 9.17) is 6.42 Å². The molecule has 5 nitrogen and oxygen atoms in total. The first-order valence-electron chi connectivity index (χ1n) is 9.20. The van der Waals surface area contributed by atoms with Gasteiger partial charge >= 0.3 is 0 Å². The predicted molar refractivity (Wildman–Crippen MR) is 116 cm³/mol. The molecule has 0 aliphatic rings. The molecule has 0 aliphatic heterocycles. The molecule has 0 atom stereocenters. The Morgan fingerprint density at radius 2 is 1.83 bits per heavy atom. The summed E-state index contributed by atoms with van der Waals surface area (Å²) in [4.78, 5) is 17.4. The van der Waals surface area contributed by atoms with E-state index in [-0.39, 0.29) is 29.4 Å². The first-order chi connectivity index (χ1) is 13.8. The molecule has 1 aromatic heterocycles. The van der Waals surface area contributed by atoms with Gasteiger partial charge < -0.3 is 4.57 Å². The molecule has 2 aromatic carbocycles. The molecule has 0 saturated heterocycles. The molecule has 0 fully saturated rings. The van der Waals surface area contributed by atoms with Crippen LogP contribution in [0, 0.1) is 26.2 Å². The molecule has 29 heavy (non-hydrogen) atoms. The standard InChI is InChI=1S/C22H22N2O3S2/c1-4-13-24-19-12-9-17(3)15-20(19)28-22(24)23-21(25)6-5-14-29(26,27)18-10-7-16(2)8-11-18/h1,7-12,15H,5-6,13-14H2,2-3H3. The van der Waals surface area contributed by atoms with Gasteiger partial charge in [-0.1, -0.05) is 41.0 Å². The molecule has 3 aromatic rings. The normalized spacial score (nSPS) is 12.2. The number of sulfone groups is 1. The molecule has 3 rings (SSSR count). The van der Waals surface area contributed by atoms with Gasteiger partial charge in [-0.2, -0.15) is 4.99 Å². The third-order valence-corrected chi connectivity index (χ3v) is 7.35. The number of aromatic nitrogens is 1. The quantitative estimate of drug-likeness (QED) is 0.565. The number of carbonyl (C=O) groups is 1. The maximum absolute atomic E-state index is 12.4. The summed E-state index contributed by atoms with van der Waals surface area (Å²) in [6.07, 6.45) is 5.76. The van der Waals surface area contributed by atoms with Gasteiger partial charge in [-0.15, -0.1) is 6.42 Å². The number of carbonyl (C=O) groups excluding carboxylic acids is 1. The van der Waals surface area contributed by atoms with E-state index in [1.807, 2.05) is 36.6 Å². The van der Waals surface area contributed by atoms with E-state index in [0.29, 0.717) is 11.3 Å². The third-order valence-electron chi connectivity index (χ3n) is 4.49. The van der Waals surface area contributed by atoms with Gasteiger partial charge in [0.2, 0.25) is 5.91 Å². The van der Waals surface area contributed by atoms with Crippen molar-refractivity contribution >= 4 is 37.3 Å². The Labute approximate surface area is 174 Å². The minimum atomic E-state index is -3.41. The average Bonchev–Trinajstić information content (AvgIpc) is 2.98. The number of aryl methyl sites for hydroxylation is 2. The summed E-state index contributed by atoms with van der Waals surface area (Å²) in [6.45, 7) is 4.22. The van der Waals surface area contributed by atoms with Crippen LogP contribution in [-0.4, -0.2) is 24.6 Å². The summed E-state index contributed by atoms with van der Waals surface area (Å²) in [6, 6.07) is 12.7. The van der Waals surface area contributed by atoms with Gasteiger partial charge in [-0.3, -0.25) is 4.79 Å². The molecule has 0 bridgehead atoms. The van der Waals surface area contributed by atoms with E-state index in [2.05, 4.69) is 10.9 Å². The van der Waals surface area contributed by atoms with Crippen molar-refractivity contribution in [3.63, 3.8) is 0 Å². The molecule has 0 aliphatic carbocycles. The van der Waals surface area contributed by atoms with Crippen LogP contribution in [0.3, 0.4) is 0 Å². The van der Waals surface area contributed by atoms with Crippen molar-refractivity contribution in [1.82, 2.24) is 4.57 Å². The fraction of sp³-hybridized carbons (Fsp3) is 0.273. The van der Waals surface area contributed by atoms with Crippen LogP contribution < -0.4 is 4.80 Å². The largest absolute Gasteiger partial charge is 0.305 e. The maximum atomic E-state index is 12.4. The minimum absolute atomic E-state index is 0.0639. The third kappa shape index (κ3) is 5.03. The highest BCUT2D eigenvalue weighted by Gasteiger charge is 2.15. The van der Waals surface area contributed by atoms with E-state index in [1.54, 1.807) is 24.3 Å². The van der Waals surface area contributed by atoms with E-state index >= 15 is 0 Å². The monoisotopic (exact) mass is 426 g/mol. The van der Waals surface area contributed by atoms with Crippen molar-refractivity contribution in [2.45, 2.75) is 38.1 Å². The van der Waals surface area contributed by atoms with Gasteiger partial charge in [0.15, 0.2) is 14.6 Å². The predicted octanol–water partition coefficient (Wildman–Crippen LogP) is 3.63. The highest BCUT2D eigenvalue weighted by Crippen LogP contribution is 2.19. The molecule has 0 spiro atoms. The van der Waals surface area contributed by atoms with Crippen molar-refractivity contribution < 1.29 is 13.2 Å². The van der Waals surface area contributed by atoms with Crippen molar-refractivity contribution in [3.8, 4) is 12.3 Å². The summed E-state index contributed by atoms with van der Waals surface area (Å²) in [5.74, 6) is 2.16. The number of fused-ring (bicyclic) bond motifs is 1. The summed E-state index contributed by atoms with van der Waals surface area (Å²) in [5.41, 5.74) is 3.05. The second-order valence-electron chi connectivity index (χ2n) is 6.89. The number of hydrogen-bond acceptors (Lipinski definition) is 4. The summed E-state index contributed by atoms with van der Waals surface area (Å²) in [7, 11) is -3.41. The Balaban J connectivity index is 1.75. The Morgan fingerprint density at radius 1 is 1.14 bits per heavy atom. The minimum Gasteiger partial charge on any atom is -0.305 e. The Hall–Kier alpha value is -2.69. The number of amides is 1. The van der Waals surface area contributed by atoms with Gasteiger partial charge in [0.05, 0.1) is 27.4 Å². The van der Waals surface area contributed by atoms with Crippen LogP contribution in [-0.2, 0) is 21.2 Å². The molecule has 0 unspecified atom stereocenters. The zero-order chi connectivity index (χ0) is 21.0. The fourth-order valence-electron chi connectivity index (χ4n) is 2.95. The van der Waals surface area contributed by atoms with E-state index in [9.17, 15) is 13.2 Å². The number of thiazole rings is 1. The highest BCUT2D eigenvalue weighted by atomic mass is 32.2. The van der Waals surface area contributed by atoms with Crippen LogP contribution in [0.1, 0.15) is 24.0 Å². The zero-order valence-corrected chi connectivity index (χ0v) is 18.0. The lowest BCUT2D eigenvalue weighted by molar-refractivity contribution is -0.118. The van der Waals surface area contributed by atoms with Crippen LogP contribution in [0.25, 0.3) is 10.2 Å². The van der Waals surface area contributed by atoms with Crippen LogP contribution in [0.15, 0.2) is 52.4 Å². The second kappa shape index (κ2) is 8.76. The first kappa shape index (κ1) is 21.0. The number of nitrogens with zero attached hydrogens (tertiary/aromatic N) is 2. The van der Waals surface area contributed by atoms with E-state index < -0.39 is 9.84 Å². The Morgan fingerprint density at radius 3 is 2.52 bits per heavy atom. The molecule has 0 saturated carbocycles. The smallest absolute Gasteiger partial charge is 0.248 e. The van der Waals surface area contributed by atoms with Crippen LogP contribution in [0.4, 0.5) is 0 Å². The van der Waals surface area contributed by atoms with Gasteiger partial charge in [-0.25, -0.2) is 8.42 Å². The number of hydrogen-bond donors (Lipinski definition) is 0. The molecule has 0 N–H and O–H groups in total. The lowest BCUT2D eigenvalue weighted by Gasteiger charge is -2.04. The van der Waals surface area contributed by atoms with Gasteiger partial charge in [0.1, 0.15) is 0 Å². The number of rotatable bonds is 6.